The maximum absolute atomic E-state index is 12.3. The van der Waals surface area contributed by atoms with Crippen molar-refractivity contribution in [3.8, 4) is 0 Å². The van der Waals surface area contributed by atoms with E-state index >= 15 is 0 Å². The van der Waals surface area contributed by atoms with Crippen molar-refractivity contribution in [1.82, 2.24) is 15.1 Å². The number of amides is 2. The zero-order valence-electron chi connectivity index (χ0n) is 12.2. The van der Waals surface area contributed by atoms with Crippen molar-refractivity contribution in [3.05, 3.63) is 0 Å². The van der Waals surface area contributed by atoms with Crippen molar-refractivity contribution in [2.45, 2.75) is 31.3 Å². The fourth-order valence-corrected chi connectivity index (χ4v) is 3.52. The van der Waals surface area contributed by atoms with Gasteiger partial charge in [0.05, 0.1) is 19.3 Å². The van der Waals surface area contributed by atoms with Gasteiger partial charge < -0.3 is 20.1 Å². The molecule has 3 fully saturated rings. The van der Waals surface area contributed by atoms with Crippen LogP contribution >= 0.6 is 0 Å². The predicted molar refractivity (Wildman–Crippen MR) is 75.0 cm³/mol. The second kappa shape index (κ2) is 6.19. The summed E-state index contributed by atoms with van der Waals surface area (Å²) in [5.41, 5.74) is 0. The van der Waals surface area contributed by atoms with Crippen LogP contribution in [0.25, 0.3) is 0 Å². The Morgan fingerprint density at radius 2 is 1.90 bits per heavy atom. The molecule has 3 saturated heterocycles. The van der Waals surface area contributed by atoms with E-state index in [4.69, 9.17) is 9.84 Å². The van der Waals surface area contributed by atoms with Gasteiger partial charge in [-0.15, -0.1) is 0 Å². The van der Waals surface area contributed by atoms with Gasteiger partial charge in [0.1, 0.15) is 5.92 Å². The van der Waals surface area contributed by atoms with Crippen molar-refractivity contribution in [3.63, 3.8) is 0 Å². The number of carboxylic acids is 1. The van der Waals surface area contributed by atoms with E-state index < -0.39 is 17.9 Å². The highest BCUT2D eigenvalue weighted by Crippen LogP contribution is 2.21. The van der Waals surface area contributed by atoms with Crippen LogP contribution in [0, 0.1) is 5.92 Å². The van der Waals surface area contributed by atoms with Crippen molar-refractivity contribution in [2.24, 2.45) is 5.92 Å². The standard InChI is InChI=1S/C14H23N3O4/c18-13(19)11-8-21-9-12(11)15-14(20)17-6-3-10(7-17)16-4-1-2-5-16/h10-12H,1-9H2,(H,15,20)(H,18,19). The molecule has 0 saturated carbocycles. The molecule has 3 heterocycles. The van der Waals surface area contributed by atoms with Crippen LogP contribution < -0.4 is 5.32 Å². The quantitative estimate of drug-likeness (QED) is 0.764. The van der Waals surface area contributed by atoms with Gasteiger partial charge in [0.25, 0.3) is 0 Å². The first-order valence-corrected chi connectivity index (χ1v) is 7.75. The highest BCUT2D eigenvalue weighted by atomic mass is 16.5. The molecule has 0 bridgehead atoms. The number of nitrogens with one attached hydrogen (secondary N) is 1. The fourth-order valence-electron chi connectivity index (χ4n) is 3.52. The molecule has 21 heavy (non-hydrogen) atoms. The number of rotatable bonds is 3. The van der Waals surface area contributed by atoms with E-state index in [0.29, 0.717) is 6.04 Å². The number of hydrogen-bond acceptors (Lipinski definition) is 4. The number of carbonyl (C=O) groups is 2. The summed E-state index contributed by atoms with van der Waals surface area (Å²) in [6.45, 7) is 4.23. The molecule has 0 radical (unpaired) electrons. The van der Waals surface area contributed by atoms with Gasteiger partial charge in [-0.05, 0) is 32.4 Å². The van der Waals surface area contributed by atoms with Gasteiger partial charge in [0, 0.05) is 19.1 Å². The van der Waals surface area contributed by atoms with E-state index in [0.717, 1.165) is 32.6 Å². The minimum Gasteiger partial charge on any atom is -0.481 e. The molecule has 3 aliphatic heterocycles. The minimum atomic E-state index is -0.908. The molecule has 118 valence electrons. The highest BCUT2D eigenvalue weighted by molar-refractivity contribution is 5.77. The van der Waals surface area contributed by atoms with E-state index in [9.17, 15) is 9.59 Å². The molecule has 0 aliphatic carbocycles. The third kappa shape index (κ3) is 3.13. The van der Waals surface area contributed by atoms with Gasteiger partial charge in [0.2, 0.25) is 0 Å². The summed E-state index contributed by atoms with van der Waals surface area (Å²) < 4.78 is 5.17. The Labute approximate surface area is 124 Å². The number of hydrogen-bond donors (Lipinski definition) is 2. The Balaban J connectivity index is 1.50. The van der Waals surface area contributed by atoms with Crippen LogP contribution in [0.15, 0.2) is 0 Å². The average Bonchev–Trinajstić information content (AvgIpc) is 3.19. The molecule has 3 rings (SSSR count). The van der Waals surface area contributed by atoms with Crippen molar-refractivity contribution in [1.29, 1.82) is 0 Å². The summed E-state index contributed by atoms with van der Waals surface area (Å²) in [7, 11) is 0. The Bertz CT molecular complexity index is 411. The molecule has 3 unspecified atom stereocenters. The number of aliphatic carboxylic acids is 1. The third-order valence-corrected chi connectivity index (χ3v) is 4.81. The first-order valence-electron chi connectivity index (χ1n) is 7.75. The van der Waals surface area contributed by atoms with E-state index in [2.05, 4.69) is 10.2 Å². The van der Waals surface area contributed by atoms with Gasteiger partial charge >= 0.3 is 12.0 Å². The largest absolute Gasteiger partial charge is 0.481 e. The molecular formula is C14H23N3O4. The number of ether oxygens (including phenoxy) is 1. The first-order chi connectivity index (χ1) is 10.1. The fraction of sp³-hybridized carbons (Fsp3) is 0.857. The van der Waals surface area contributed by atoms with E-state index in [1.807, 2.05) is 0 Å². The Morgan fingerprint density at radius 1 is 1.14 bits per heavy atom. The molecule has 2 amide bonds. The maximum Gasteiger partial charge on any atom is 0.317 e. The Kier molecular flexibility index (Phi) is 4.30. The van der Waals surface area contributed by atoms with E-state index in [-0.39, 0.29) is 19.2 Å². The lowest BCUT2D eigenvalue weighted by Gasteiger charge is -2.25. The monoisotopic (exact) mass is 297 g/mol. The zero-order valence-corrected chi connectivity index (χ0v) is 12.2. The molecular weight excluding hydrogens is 274 g/mol. The number of nitrogens with zero attached hydrogens (tertiary/aromatic N) is 2. The van der Waals surface area contributed by atoms with Crippen LogP contribution in [0.3, 0.4) is 0 Å². The molecule has 7 nitrogen and oxygen atoms in total. The lowest BCUT2D eigenvalue weighted by atomic mass is 10.0. The van der Waals surface area contributed by atoms with E-state index in [1.165, 1.54) is 12.8 Å². The zero-order chi connectivity index (χ0) is 14.8. The number of likely N-dealkylation sites (tertiary alicyclic amines) is 2. The smallest absolute Gasteiger partial charge is 0.317 e. The van der Waals surface area contributed by atoms with E-state index in [1.54, 1.807) is 4.90 Å². The van der Waals surface area contributed by atoms with Gasteiger partial charge in [-0.2, -0.15) is 0 Å². The molecule has 3 aliphatic rings. The van der Waals surface area contributed by atoms with Crippen molar-refractivity contribution in [2.75, 3.05) is 39.4 Å². The van der Waals surface area contributed by atoms with Crippen LogP contribution in [-0.4, -0.2) is 78.4 Å². The first kappa shape index (κ1) is 14.6. The van der Waals surface area contributed by atoms with Gasteiger partial charge in [-0.25, -0.2) is 4.79 Å². The SMILES string of the molecule is O=C(O)C1COCC1NC(=O)N1CCC(N2CCCC2)C1. The van der Waals surface area contributed by atoms with Crippen molar-refractivity contribution >= 4 is 12.0 Å². The maximum atomic E-state index is 12.3. The summed E-state index contributed by atoms with van der Waals surface area (Å²) in [4.78, 5) is 27.6. The molecule has 0 aromatic carbocycles. The summed E-state index contributed by atoms with van der Waals surface area (Å²) in [6.07, 6.45) is 3.52. The third-order valence-electron chi connectivity index (χ3n) is 4.81. The summed E-state index contributed by atoms with van der Waals surface area (Å²) in [5, 5.41) is 11.9. The van der Waals surface area contributed by atoms with Crippen LogP contribution in [0.1, 0.15) is 19.3 Å². The molecule has 7 heteroatoms. The lowest BCUT2D eigenvalue weighted by Crippen LogP contribution is -2.49. The van der Waals surface area contributed by atoms with Crippen LogP contribution in [0.2, 0.25) is 0 Å². The predicted octanol–water partition coefficient (Wildman–Crippen LogP) is -0.0343. The van der Waals surface area contributed by atoms with Crippen molar-refractivity contribution < 1.29 is 19.4 Å². The lowest BCUT2D eigenvalue weighted by molar-refractivity contribution is -0.142. The van der Waals surface area contributed by atoms with Gasteiger partial charge in [0.15, 0.2) is 0 Å². The molecule has 2 N–H and O–H groups in total. The summed E-state index contributed by atoms with van der Waals surface area (Å²) >= 11 is 0. The van der Waals surface area contributed by atoms with Crippen LogP contribution in [0.4, 0.5) is 4.79 Å². The van der Waals surface area contributed by atoms with Crippen LogP contribution in [-0.2, 0) is 9.53 Å². The number of carboxylic acid groups (broad SMARTS) is 1. The van der Waals surface area contributed by atoms with Gasteiger partial charge in [-0.3, -0.25) is 9.69 Å². The average molecular weight is 297 g/mol. The molecule has 3 atom stereocenters. The summed E-state index contributed by atoms with van der Waals surface area (Å²) in [5.74, 6) is -1.54. The Hall–Kier alpha value is -1.34. The molecule has 0 aromatic rings. The number of carbonyl (C=O) groups excluding carboxylic acids is 1. The molecule has 0 aromatic heterocycles. The summed E-state index contributed by atoms with van der Waals surface area (Å²) in [6, 6.07) is -0.104. The highest BCUT2D eigenvalue weighted by Gasteiger charge is 2.37. The van der Waals surface area contributed by atoms with Crippen LogP contribution in [0.5, 0.6) is 0 Å². The minimum absolute atomic E-state index is 0.154. The second-order valence-electron chi connectivity index (χ2n) is 6.17. The normalized spacial score (nSPS) is 33.5. The van der Waals surface area contributed by atoms with Gasteiger partial charge in [-0.1, -0.05) is 0 Å². The molecule has 0 spiro atoms. The Morgan fingerprint density at radius 3 is 2.62 bits per heavy atom. The topological polar surface area (TPSA) is 82.1 Å². The second-order valence-corrected chi connectivity index (χ2v) is 6.17. The number of urea groups is 1.